The summed E-state index contributed by atoms with van der Waals surface area (Å²) >= 11 is 1.57. The Morgan fingerprint density at radius 3 is 3.12 bits per heavy atom. The topological polar surface area (TPSA) is 47.0 Å². The third-order valence-electron chi connectivity index (χ3n) is 3.02. The van der Waals surface area contributed by atoms with Crippen molar-refractivity contribution in [2.45, 2.75) is 25.6 Å². The zero-order valence-corrected chi connectivity index (χ0v) is 10.4. The van der Waals surface area contributed by atoms with Gasteiger partial charge in [-0.2, -0.15) is 0 Å². The first-order chi connectivity index (χ1) is 8.42. The number of rotatable bonds is 3. The number of ether oxygens (including phenoxy) is 1. The predicted octanol–water partition coefficient (Wildman–Crippen LogP) is 1.96. The van der Waals surface area contributed by atoms with Crippen molar-refractivity contribution in [1.29, 1.82) is 0 Å². The maximum Gasteiger partial charge on any atom is 0.143 e. The Hall–Kier alpha value is -1.04. The van der Waals surface area contributed by atoms with E-state index < -0.39 is 0 Å². The highest BCUT2D eigenvalue weighted by Crippen LogP contribution is 2.17. The highest BCUT2D eigenvalue weighted by Gasteiger charge is 2.13. The molecule has 0 amide bonds. The van der Waals surface area contributed by atoms with E-state index in [2.05, 4.69) is 21.4 Å². The molecule has 1 N–H and O–H groups in total. The molecule has 0 spiro atoms. The lowest BCUT2D eigenvalue weighted by Crippen LogP contribution is -2.32. The Kier molecular flexibility index (Phi) is 3.31. The maximum atomic E-state index is 5.89. The number of nitrogens with one attached hydrogen (secondary N) is 1. The number of pyridine rings is 1. The molecule has 3 rings (SSSR count). The summed E-state index contributed by atoms with van der Waals surface area (Å²) < 4.78 is 5.89. The summed E-state index contributed by atoms with van der Waals surface area (Å²) in [6, 6.07) is 2.07. The summed E-state index contributed by atoms with van der Waals surface area (Å²) in [5.74, 6) is 0. The van der Waals surface area contributed by atoms with E-state index >= 15 is 0 Å². The highest BCUT2D eigenvalue weighted by molar-refractivity contribution is 7.16. The van der Waals surface area contributed by atoms with Crippen LogP contribution in [0.15, 0.2) is 17.8 Å². The molecule has 0 radical (unpaired) electrons. The van der Waals surface area contributed by atoms with Gasteiger partial charge in [0.25, 0.3) is 0 Å². The lowest BCUT2D eigenvalue weighted by Gasteiger charge is -2.22. The van der Waals surface area contributed by atoms with Crippen molar-refractivity contribution in [3.8, 4) is 0 Å². The Balaban J connectivity index is 1.63. The summed E-state index contributed by atoms with van der Waals surface area (Å²) in [4.78, 5) is 9.63. The fourth-order valence-electron chi connectivity index (χ4n) is 2.05. The Morgan fingerprint density at radius 1 is 1.35 bits per heavy atom. The average molecular weight is 249 g/mol. The maximum absolute atomic E-state index is 5.89. The van der Waals surface area contributed by atoms with Crippen molar-refractivity contribution < 1.29 is 4.74 Å². The van der Waals surface area contributed by atoms with Gasteiger partial charge in [-0.05, 0) is 37.6 Å². The lowest BCUT2D eigenvalue weighted by atomic mass is 10.1. The van der Waals surface area contributed by atoms with E-state index in [1.165, 1.54) is 0 Å². The number of fused-ring (bicyclic) bond motifs is 1. The lowest BCUT2D eigenvalue weighted by molar-refractivity contribution is 0.0211. The molecule has 1 aliphatic rings. The second-order valence-corrected chi connectivity index (χ2v) is 5.11. The van der Waals surface area contributed by atoms with Crippen LogP contribution in [0.1, 0.15) is 18.4 Å². The quantitative estimate of drug-likeness (QED) is 0.903. The molecule has 0 saturated carbocycles. The average Bonchev–Trinajstić information content (AvgIpc) is 2.85. The van der Waals surface area contributed by atoms with E-state index in [-0.39, 0.29) is 0 Å². The number of hydrogen-bond acceptors (Lipinski definition) is 5. The molecule has 2 aromatic heterocycles. The van der Waals surface area contributed by atoms with Crippen LogP contribution < -0.4 is 5.32 Å². The van der Waals surface area contributed by atoms with Gasteiger partial charge in [-0.3, -0.25) is 0 Å². The van der Waals surface area contributed by atoms with Crippen LogP contribution in [-0.2, 0) is 11.3 Å². The van der Waals surface area contributed by atoms with E-state index in [1.54, 1.807) is 11.3 Å². The summed E-state index contributed by atoms with van der Waals surface area (Å²) in [5.41, 5.74) is 3.91. The van der Waals surface area contributed by atoms with Gasteiger partial charge in [0.1, 0.15) is 10.3 Å². The van der Waals surface area contributed by atoms with Gasteiger partial charge in [0, 0.05) is 6.20 Å². The minimum absolute atomic E-state index is 0.391. The van der Waals surface area contributed by atoms with Crippen LogP contribution in [0.4, 0.5) is 0 Å². The van der Waals surface area contributed by atoms with E-state index in [0.29, 0.717) is 12.7 Å². The SMILES string of the molecule is c1nc2cc(COC3CCNCC3)cnc2s1. The second kappa shape index (κ2) is 5.08. The van der Waals surface area contributed by atoms with E-state index in [0.717, 1.165) is 41.8 Å². The molecule has 1 fully saturated rings. The molecular formula is C12H15N3OS. The molecule has 0 unspecified atom stereocenters. The van der Waals surface area contributed by atoms with Crippen molar-refractivity contribution in [3.05, 3.63) is 23.3 Å². The summed E-state index contributed by atoms with van der Waals surface area (Å²) in [6.45, 7) is 2.77. The third kappa shape index (κ3) is 2.62. The number of hydrogen-bond donors (Lipinski definition) is 1. The van der Waals surface area contributed by atoms with Gasteiger partial charge in [0.05, 0.1) is 18.2 Å². The van der Waals surface area contributed by atoms with Crippen LogP contribution in [0.2, 0.25) is 0 Å². The van der Waals surface area contributed by atoms with E-state index in [1.807, 2.05) is 11.7 Å². The first kappa shape index (κ1) is 11.1. The van der Waals surface area contributed by atoms with Crippen molar-refractivity contribution in [3.63, 3.8) is 0 Å². The highest BCUT2D eigenvalue weighted by atomic mass is 32.1. The molecule has 2 aromatic rings. The molecule has 0 aliphatic carbocycles. The van der Waals surface area contributed by atoms with Crippen LogP contribution in [-0.4, -0.2) is 29.2 Å². The molecule has 5 heteroatoms. The van der Waals surface area contributed by atoms with E-state index in [9.17, 15) is 0 Å². The smallest absolute Gasteiger partial charge is 0.143 e. The van der Waals surface area contributed by atoms with Crippen molar-refractivity contribution >= 4 is 21.7 Å². The van der Waals surface area contributed by atoms with Crippen LogP contribution in [0, 0.1) is 0 Å². The molecule has 0 atom stereocenters. The molecule has 1 aliphatic heterocycles. The minimum Gasteiger partial charge on any atom is -0.373 e. The number of nitrogens with zero attached hydrogens (tertiary/aromatic N) is 2. The zero-order chi connectivity index (χ0) is 11.5. The Bertz CT molecular complexity index is 493. The standard InChI is InChI=1S/C12H15N3OS/c1-3-13-4-2-10(1)16-7-9-5-11-12(14-6-9)17-8-15-11/h5-6,8,10,13H,1-4,7H2. The zero-order valence-electron chi connectivity index (χ0n) is 9.56. The van der Waals surface area contributed by atoms with Gasteiger partial charge >= 0.3 is 0 Å². The fraction of sp³-hybridized carbons (Fsp3) is 0.500. The van der Waals surface area contributed by atoms with E-state index in [4.69, 9.17) is 4.74 Å². The Labute approximate surface area is 104 Å². The predicted molar refractivity (Wildman–Crippen MR) is 68.1 cm³/mol. The van der Waals surface area contributed by atoms with Crippen LogP contribution in [0.25, 0.3) is 10.3 Å². The number of thiazole rings is 1. The van der Waals surface area contributed by atoms with Gasteiger partial charge in [0.15, 0.2) is 0 Å². The third-order valence-corrected chi connectivity index (χ3v) is 3.77. The van der Waals surface area contributed by atoms with Gasteiger partial charge in [-0.1, -0.05) is 0 Å². The van der Waals surface area contributed by atoms with Gasteiger partial charge < -0.3 is 10.1 Å². The van der Waals surface area contributed by atoms with Crippen LogP contribution in [0.5, 0.6) is 0 Å². The normalized spacial score (nSPS) is 17.6. The molecule has 0 aromatic carbocycles. The molecule has 17 heavy (non-hydrogen) atoms. The van der Waals surface area contributed by atoms with Crippen LogP contribution in [0.3, 0.4) is 0 Å². The minimum atomic E-state index is 0.391. The molecular weight excluding hydrogens is 234 g/mol. The molecule has 4 nitrogen and oxygen atoms in total. The summed E-state index contributed by atoms with van der Waals surface area (Å²) in [6.07, 6.45) is 4.49. The van der Waals surface area contributed by atoms with Crippen molar-refractivity contribution in [1.82, 2.24) is 15.3 Å². The molecule has 0 bridgehead atoms. The van der Waals surface area contributed by atoms with Crippen LogP contribution >= 0.6 is 11.3 Å². The molecule has 1 saturated heterocycles. The molecule has 90 valence electrons. The first-order valence-corrected chi connectivity index (χ1v) is 6.80. The largest absolute Gasteiger partial charge is 0.373 e. The first-order valence-electron chi connectivity index (χ1n) is 5.92. The van der Waals surface area contributed by atoms with Gasteiger partial charge in [-0.15, -0.1) is 11.3 Å². The van der Waals surface area contributed by atoms with Gasteiger partial charge in [0.2, 0.25) is 0 Å². The second-order valence-electron chi connectivity index (χ2n) is 4.28. The summed E-state index contributed by atoms with van der Waals surface area (Å²) in [5, 5.41) is 3.33. The fourth-order valence-corrected chi connectivity index (χ4v) is 2.67. The van der Waals surface area contributed by atoms with Crippen molar-refractivity contribution in [2.75, 3.05) is 13.1 Å². The van der Waals surface area contributed by atoms with Gasteiger partial charge in [-0.25, -0.2) is 9.97 Å². The number of piperidine rings is 1. The van der Waals surface area contributed by atoms with Crippen molar-refractivity contribution in [2.24, 2.45) is 0 Å². The number of aromatic nitrogens is 2. The molecule has 3 heterocycles. The summed E-state index contributed by atoms with van der Waals surface area (Å²) in [7, 11) is 0. The Morgan fingerprint density at radius 2 is 2.24 bits per heavy atom. The monoisotopic (exact) mass is 249 g/mol.